The summed E-state index contributed by atoms with van der Waals surface area (Å²) in [6.07, 6.45) is 3.14. The molecule has 1 fully saturated rings. The zero-order valence-corrected chi connectivity index (χ0v) is 17.3. The number of carbonyl (C=O) groups is 1. The van der Waals surface area contributed by atoms with Crippen molar-refractivity contribution >= 4 is 22.4 Å². The topological polar surface area (TPSA) is 63.7 Å². The molecule has 1 aromatic heterocycles. The highest BCUT2D eigenvalue weighted by molar-refractivity contribution is 7.13. The van der Waals surface area contributed by atoms with E-state index in [9.17, 15) is 4.79 Å². The number of amides is 1. The largest absolute Gasteiger partial charge is 0.497 e. The predicted molar refractivity (Wildman–Crippen MR) is 110 cm³/mol. The Kier molecular flexibility index (Phi) is 5.82. The minimum atomic E-state index is -0.226. The molecule has 150 valence electrons. The summed E-state index contributed by atoms with van der Waals surface area (Å²) in [6, 6.07) is 5.71. The van der Waals surface area contributed by atoms with Gasteiger partial charge in [0.2, 0.25) is 5.91 Å². The summed E-state index contributed by atoms with van der Waals surface area (Å²) >= 11 is 1.49. The minimum Gasteiger partial charge on any atom is -0.497 e. The lowest BCUT2D eigenvalue weighted by Gasteiger charge is -2.29. The highest BCUT2D eigenvalue weighted by atomic mass is 32.1. The lowest BCUT2D eigenvalue weighted by atomic mass is 9.96. The third kappa shape index (κ3) is 4.47. The van der Waals surface area contributed by atoms with E-state index in [1.807, 2.05) is 23.6 Å². The Morgan fingerprint density at radius 3 is 3.00 bits per heavy atom. The van der Waals surface area contributed by atoms with E-state index in [0.717, 1.165) is 48.3 Å². The molecule has 1 amide bonds. The molecule has 6 nitrogen and oxygen atoms in total. The number of ether oxygens (including phenoxy) is 2. The molecular formula is C21H27N3O3S. The van der Waals surface area contributed by atoms with Gasteiger partial charge in [0, 0.05) is 11.9 Å². The molecule has 28 heavy (non-hydrogen) atoms. The van der Waals surface area contributed by atoms with Gasteiger partial charge in [-0.2, -0.15) is 0 Å². The van der Waals surface area contributed by atoms with Crippen LogP contribution in [0.2, 0.25) is 0 Å². The summed E-state index contributed by atoms with van der Waals surface area (Å²) in [7, 11) is 1.64. The number of hydrogen-bond donors (Lipinski definition) is 1. The van der Waals surface area contributed by atoms with Crippen LogP contribution in [0, 0.1) is 11.8 Å². The average Bonchev–Trinajstić information content (AvgIpc) is 3.15. The quantitative estimate of drug-likeness (QED) is 0.830. The van der Waals surface area contributed by atoms with Gasteiger partial charge in [0.15, 0.2) is 5.13 Å². The number of carbonyl (C=O) groups excluding carboxylic acids is 1. The van der Waals surface area contributed by atoms with Gasteiger partial charge in [0.05, 0.1) is 18.7 Å². The van der Waals surface area contributed by atoms with E-state index < -0.39 is 0 Å². The smallest absolute Gasteiger partial charge is 0.233 e. The van der Waals surface area contributed by atoms with Gasteiger partial charge in [-0.1, -0.05) is 6.92 Å². The molecule has 1 atom stereocenters. The highest BCUT2D eigenvalue weighted by Crippen LogP contribution is 2.31. The fourth-order valence-corrected chi connectivity index (χ4v) is 4.46. The molecule has 0 spiro atoms. The third-order valence-corrected chi connectivity index (χ3v) is 6.40. The summed E-state index contributed by atoms with van der Waals surface area (Å²) < 4.78 is 11.0. The first kappa shape index (κ1) is 19.2. The van der Waals surface area contributed by atoms with Crippen molar-refractivity contribution < 1.29 is 14.3 Å². The van der Waals surface area contributed by atoms with Gasteiger partial charge in [-0.25, -0.2) is 4.98 Å². The molecule has 2 aromatic rings. The SMILES string of the molecule is COc1ccc2c(c1)CC(C(=O)Nc1nc(CN3CCC(C)CC3)cs1)CO2. The Hall–Kier alpha value is -2.12. The summed E-state index contributed by atoms with van der Waals surface area (Å²) in [5, 5.41) is 5.69. The van der Waals surface area contributed by atoms with Crippen molar-refractivity contribution in [3.05, 3.63) is 34.8 Å². The first-order valence-electron chi connectivity index (χ1n) is 9.88. The maximum Gasteiger partial charge on any atom is 0.233 e. The van der Waals surface area contributed by atoms with Gasteiger partial charge in [-0.05, 0) is 62.0 Å². The number of anilines is 1. The van der Waals surface area contributed by atoms with E-state index in [0.29, 0.717) is 18.2 Å². The Labute approximate surface area is 169 Å². The van der Waals surface area contributed by atoms with Crippen LogP contribution < -0.4 is 14.8 Å². The van der Waals surface area contributed by atoms with Crippen LogP contribution >= 0.6 is 11.3 Å². The van der Waals surface area contributed by atoms with Crippen LogP contribution in [0.1, 0.15) is 31.0 Å². The van der Waals surface area contributed by atoms with Crippen molar-refractivity contribution in [2.75, 3.05) is 32.1 Å². The fourth-order valence-electron chi connectivity index (χ4n) is 3.76. The molecular weight excluding hydrogens is 374 g/mol. The number of methoxy groups -OCH3 is 1. The van der Waals surface area contributed by atoms with Crippen molar-refractivity contribution in [1.29, 1.82) is 0 Å². The van der Waals surface area contributed by atoms with Crippen molar-refractivity contribution in [3.8, 4) is 11.5 Å². The Morgan fingerprint density at radius 1 is 1.39 bits per heavy atom. The van der Waals surface area contributed by atoms with Crippen LogP contribution in [-0.2, 0) is 17.8 Å². The number of fused-ring (bicyclic) bond motifs is 1. The van der Waals surface area contributed by atoms with Crippen LogP contribution in [0.25, 0.3) is 0 Å². The van der Waals surface area contributed by atoms with E-state index >= 15 is 0 Å². The lowest BCUT2D eigenvalue weighted by molar-refractivity contribution is -0.121. The lowest BCUT2D eigenvalue weighted by Crippen LogP contribution is -2.33. The van der Waals surface area contributed by atoms with Crippen molar-refractivity contribution in [2.45, 2.75) is 32.7 Å². The molecule has 0 aliphatic carbocycles. The van der Waals surface area contributed by atoms with E-state index in [2.05, 4.69) is 22.1 Å². The van der Waals surface area contributed by atoms with E-state index in [1.54, 1.807) is 7.11 Å². The number of aromatic nitrogens is 1. The van der Waals surface area contributed by atoms with Gasteiger partial charge in [0.1, 0.15) is 18.1 Å². The Morgan fingerprint density at radius 2 is 2.21 bits per heavy atom. The van der Waals surface area contributed by atoms with Crippen molar-refractivity contribution in [2.24, 2.45) is 11.8 Å². The van der Waals surface area contributed by atoms with Crippen molar-refractivity contribution in [3.63, 3.8) is 0 Å². The Bertz CT molecular complexity index is 830. The number of rotatable bonds is 5. The second kappa shape index (κ2) is 8.49. The molecule has 4 rings (SSSR count). The minimum absolute atomic E-state index is 0.0406. The average molecular weight is 402 g/mol. The van der Waals surface area contributed by atoms with E-state index in [1.165, 1.54) is 24.2 Å². The standard InChI is InChI=1S/C21H27N3O3S/c1-14-5-7-24(8-6-14)11-17-13-28-21(22-17)23-20(25)16-9-15-10-18(26-2)3-4-19(15)27-12-16/h3-4,10,13-14,16H,5-9,11-12H2,1-2H3,(H,22,23,25). The number of piperidine rings is 1. The maximum atomic E-state index is 12.7. The number of nitrogens with zero attached hydrogens (tertiary/aromatic N) is 2. The second-order valence-corrected chi connectivity index (χ2v) is 8.64. The molecule has 1 aromatic carbocycles. The number of thiazole rings is 1. The molecule has 0 bridgehead atoms. The van der Waals surface area contributed by atoms with Gasteiger partial charge < -0.3 is 14.8 Å². The highest BCUT2D eigenvalue weighted by Gasteiger charge is 2.27. The molecule has 2 aliphatic heterocycles. The maximum absolute atomic E-state index is 12.7. The zero-order chi connectivity index (χ0) is 19.5. The summed E-state index contributed by atoms with van der Waals surface area (Å²) in [6.45, 7) is 5.82. The van der Waals surface area contributed by atoms with E-state index in [-0.39, 0.29) is 11.8 Å². The van der Waals surface area contributed by atoms with Crippen LogP contribution in [0.5, 0.6) is 11.5 Å². The number of benzene rings is 1. The van der Waals surface area contributed by atoms with Crippen LogP contribution in [0.4, 0.5) is 5.13 Å². The van der Waals surface area contributed by atoms with E-state index in [4.69, 9.17) is 9.47 Å². The summed E-state index contributed by atoms with van der Waals surface area (Å²) in [5.74, 6) is 2.17. The number of likely N-dealkylation sites (tertiary alicyclic amines) is 1. The van der Waals surface area contributed by atoms with Gasteiger partial charge in [-0.3, -0.25) is 9.69 Å². The molecule has 1 unspecified atom stereocenters. The predicted octanol–water partition coefficient (Wildman–Crippen LogP) is 3.57. The van der Waals surface area contributed by atoms with Crippen LogP contribution in [0.3, 0.4) is 0 Å². The van der Waals surface area contributed by atoms with Crippen LogP contribution in [-0.4, -0.2) is 42.6 Å². The normalized spacial score (nSPS) is 20.3. The molecule has 7 heteroatoms. The number of nitrogens with one attached hydrogen (secondary N) is 1. The molecule has 2 aliphatic rings. The fraction of sp³-hybridized carbons (Fsp3) is 0.524. The molecule has 0 saturated carbocycles. The first-order valence-corrected chi connectivity index (χ1v) is 10.8. The summed E-state index contributed by atoms with van der Waals surface area (Å²) in [4.78, 5) is 19.8. The van der Waals surface area contributed by atoms with Crippen molar-refractivity contribution in [1.82, 2.24) is 9.88 Å². The van der Waals surface area contributed by atoms with Gasteiger partial charge >= 0.3 is 0 Å². The second-order valence-electron chi connectivity index (χ2n) is 7.78. The molecule has 3 heterocycles. The monoisotopic (exact) mass is 401 g/mol. The van der Waals surface area contributed by atoms with Gasteiger partial charge in [0.25, 0.3) is 0 Å². The first-order chi connectivity index (χ1) is 13.6. The molecule has 1 saturated heterocycles. The summed E-state index contributed by atoms with van der Waals surface area (Å²) in [5.41, 5.74) is 2.04. The Balaban J connectivity index is 1.33. The van der Waals surface area contributed by atoms with Gasteiger partial charge in [-0.15, -0.1) is 11.3 Å². The van der Waals surface area contributed by atoms with Crippen LogP contribution in [0.15, 0.2) is 23.6 Å². The molecule has 0 radical (unpaired) electrons. The zero-order valence-electron chi connectivity index (χ0n) is 16.4. The molecule has 1 N–H and O–H groups in total. The number of hydrogen-bond acceptors (Lipinski definition) is 6. The third-order valence-electron chi connectivity index (χ3n) is 5.59.